The average molecular weight is 293 g/mol. The van der Waals surface area contributed by atoms with Crippen molar-refractivity contribution < 1.29 is 19.4 Å². The van der Waals surface area contributed by atoms with Crippen LogP contribution in [0.15, 0.2) is 30.3 Å². The lowest BCUT2D eigenvalue weighted by molar-refractivity contribution is -0.142. The lowest BCUT2D eigenvalue weighted by Crippen LogP contribution is -2.47. The number of aliphatic hydroxyl groups is 1. The van der Waals surface area contributed by atoms with E-state index in [1.807, 2.05) is 37.3 Å². The second-order valence-electron chi connectivity index (χ2n) is 5.48. The van der Waals surface area contributed by atoms with Crippen LogP contribution in [-0.2, 0) is 14.3 Å². The van der Waals surface area contributed by atoms with Gasteiger partial charge in [-0.05, 0) is 12.5 Å². The molecular weight excluding hydrogens is 270 g/mol. The standard InChI is InChI=1S/C16H23NO4/c1-12-16(19,8-9-21-12)11-17-10-14(15(18)20-2)13-6-4-3-5-7-13/h3-7,12,14,17,19H,8-11H2,1-2H3. The first-order chi connectivity index (χ1) is 10.1. The molecule has 0 radical (unpaired) electrons. The van der Waals surface area contributed by atoms with Crippen molar-refractivity contribution in [1.82, 2.24) is 5.32 Å². The van der Waals surface area contributed by atoms with Gasteiger partial charge in [0.15, 0.2) is 0 Å². The van der Waals surface area contributed by atoms with Crippen molar-refractivity contribution in [2.45, 2.75) is 31.0 Å². The Balaban J connectivity index is 1.96. The van der Waals surface area contributed by atoms with Gasteiger partial charge in [-0.1, -0.05) is 30.3 Å². The molecule has 0 aliphatic carbocycles. The van der Waals surface area contributed by atoms with Crippen LogP contribution in [0.3, 0.4) is 0 Å². The minimum Gasteiger partial charge on any atom is -0.469 e. The Morgan fingerprint density at radius 2 is 2.24 bits per heavy atom. The van der Waals surface area contributed by atoms with Gasteiger partial charge in [0, 0.05) is 26.1 Å². The molecule has 2 rings (SSSR count). The molecule has 116 valence electrons. The Kier molecular flexibility index (Phi) is 5.33. The maximum absolute atomic E-state index is 11.9. The lowest BCUT2D eigenvalue weighted by Gasteiger charge is -2.27. The lowest BCUT2D eigenvalue weighted by atomic mass is 9.95. The number of nitrogens with one attached hydrogen (secondary N) is 1. The molecular formula is C16H23NO4. The molecule has 1 saturated heterocycles. The molecule has 1 aliphatic heterocycles. The number of hydrogen-bond acceptors (Lipinski definition) is 5. The first kappa shape index (κ1) is 15.9. The quantitative estimate of drug-likeness (QED) is 0.768. The first-order valence-corrected chi connectivity index (χ1v) is 7.24. The zero-order valence-corrected chi connectivity index (χ0v) is 12.5. The number of hydrogen-bond donors (Lipinski definition) is 2. The van der Waals surface area contributed by atoms with Crippen LogP contribution >= 0.6 is 0 Å². The van der Waals surface area contributed by atoms with Gasteiger partial charge in [0.25, 0.3) is 0 Å². The van der Waals surface area contributed by atoms with E-state index in [0.29, 0.717) is 26.1 Å². The summed E-state index contributed by atoms with van der Waals surface area (Å²) in [6.45, 7) is 3.25. The molecule has 1 aromatic rings. The molecule has 0 amide bonds. The number of carbonyl (C=O) groups excluding carboxylic acids is 1. The van der Waals surface area contributed by atoms with Crippen molar-refractivity contribution in [3.63, 3.8) is 0 Å². The molecule has 2 N–H and O–H groups in total. The SMILES string of the molecule is COC(=O)C(CNCC1(O)CCOC1C)c1ccccc1. The molecule has 1 heterocycles. The second-order valence-corrected chi connectivity index (χ2v) is 5.48. The first-order valence-electron chi connectivity index (χ1n) is 7.24. The molecule has 21 heavy (non-hydrogen) atoms. The summed E-state index contributed by atoms with van der Waals surface area (Å²) in [6.07, 6.45) is 0.411. The highest BCUT2D eigenvalue weighted by molar-refractivity contribution is 5.78. The summed E-state index contributed by atoms with van der Waals surface area (Å²) in [7, 11) is 1.39. The van der Waals surface area contributed by atoms with Crippen molar-refractivity contribution in [3.05, 3.63) is 35.9 Å². The zero-order chi connectivity index (χ0) is 15.3. The fraction of sp³-hybridized carbons (Fsp3) is 0.562. The van der Waals surface area contributed by atoms with Gasteiger partial charge in [-0.2, -0.15) is 0 Å². The van der Waals surface area contributed by atoms with Crippen LogP contribution in [-0.4, -0.2) is 49.6 Å². The van der Waals surface area contributed by atoms with E-state index >= 15 is 0 Å². The molecule has 3 atom stereocenters. The number of benzene rings is 1. The van der Waals surface area contributed by atoms with E-state index in [9.17, 15) is 9.90 Å². The summed E-state index contributed by atoms with van der Waals surface area (Å²) in [5.74, 6) is -0.658. The highest BCUT2D eigenvalue weighted by atomic mass is 16.5. The molecule has 3 unspecified atom stereocenters. The Morgan fingerprint density at radius 1 is 1.52 bits per heavy atom. The Hall–Kier alpha value is -1.43. The topological polar surface area (TPSA) is 67.8 Å². The third-order valence-electron chi connectivity index (χ3n) is 4.13. The van der Waals surface area contributed by atoms with Crippen LogP contribution in [0.1, 0.15) is 24.8 Å². The molecule has 0 saturated carbocycles. The zero-order valence-electron chi connectivity index (χ0n) is 12.5. The van der Waals surface area contributed by atoms with E-state index in [1.54, 1.807) is 0 Å². The van der Waals surface area contributed by atoms with Gasteiger partial charge >= 0.3 is 5.97 Å². The fourth-order valence-electron chi connectivity index (χ4n) is 2.60. The third kappa shape index (κ3) is 3.81. The Morgan fingerprint density at radius 3 is 2.81 bits per heavy atom. The minimum absolute atomic E-state index is 0.196. The van der Waals surface area contributed by atoms with E-state index in [-0.39, 0.29) is 18.0 Å². The van der Waals surface area contributed by atoms with Crippen LogP contribution in [0.2, 0.25) is 0 Å². The van der Waals surface area contributed by atoms with Gasteiger partial charge in [0.1, 0.15) is 5.60 Å². The van der Waals surface area contributed by atoms with Crippen LogP contribution in [0.5, 0.6) is 0 Å². The third-order valence-corrected chi connectivity index (χ3v) is 4.13. The van der Waals surface area contributed by atoms with Gasteiger partial charge in [-0.25, -0.2) is 0 Å². The number of methoxy groups -OCH3 is 1. The Labute approximate surface area is 125 Å². The van der Waals surface area contributed by atoms with E-state index < -0.39 is 5.60 Å². The van der Waals surface area contributed by atoms with Crippen LogP contribution in [0.25, 0.3) is 0 Å². The molecule has 5 nitrogen and oxygen atoms in total. The number of ether oxygens (including phenoxy) is 2. The summed E-state index contributed by atoms with van der Waals surface area (Å²) < 4.78 is 10.3. The monoisotopic (exact) mass is 293 g/mol. The van der Waals surface area contributed by atoms with E-state index in [1.165, 1.54) is 7.11 Å². The summed E-state index contributed by atoms with van der Waals surface area (Å²) >= 11 is 0. The molecule has 1 aromatic carbocycles. The second kappa shape index (κ2) is 7.02. The van der Waals surface area contributed by atoms with Crippen molar-refractivity contribution in [3.8, 4) is 0 Å². The predicted octanol–water partition coefficient (Wildman–Crippen LogP) is 1.07. The van der Waals surface area contributed by atoms with E-state index in [4.69, 9.17) is 9.47 Å². The molecule has 1 aliphatic rings. The van der Waals surface area contributed by atoms with E-state index in [0.717, 1.165) is 5.56 Å². The number of rotatable bonds is 6. The summed E-state index contributed by atoms with van der Waals surface area (Å²) in [4.78, 5) is 11.9. The van der Waals surface area contributed by atoms with Crippen molar-refractivity contribution >= 4 is 5.97 Å². The molecule has 0 bridgehead atoms. The van der Waals surface area contributed by atoms with Crippen molar-refractivity contribution in [1.29, 1.82) is 0 Å². The molecule has 1 fully saturated rings. The maximum atomic E-state index is 11.9. The largest absolute Gasteiger partial charge is 0.469 e. The highest BCUT2D eigenvalue weighted by Gasteiger charge is 2.39. The summed E-state index contributed by atoms with van der Waals surface area (Å²) in [5.41, 5.74) is 0.0386. The number of carbonyl (C=O) groups is 1. The molecule has 5 heteroatoms. The van der Waals surface area contributed by atoms with Crippen LogP contribution in [0.4, 0.5) is 0 Å². The predicted molar refractivity (Wildman–Crippen MR) is 79.0 cm³/mol. The normalized spacial score (nSPS) is 26.5. The molecule has 0 aromatic heterocycles. The summed E-state index contributed by atoms with van der Waals surface area (Å²) in [5, 5.41) is 13.6. The fourth-order valence-corrected chi connectivity index (χ4v) is 2.60. The number of esters is 1. The van der Waals surface area contributed by atoms with Gasteiger partial charge in [0.2, 0.25) is 0 Å². The van der Waals surface area contributed by atoms with Crippen molar-refractivity contribution in [2.24, 2.45) is 0 Å². The van der Waals surface area contributed by atoms with Crippen molar-refractivity contribution in [2.75, 3.05) is 26.8 Å². The van der Waals surface area contributed by atoms with Crippen LogP contribution < -0.4 is 5.32 Å². The average Bonchev–Trinajstić information content (AvgIpc) is 2.83. The van der Waals surface area contributed by atoms with Crippen LogP contribution in [0, 0.1) is 0 Å². The maximum Gasteiger partial charge on any atom is 0.314 e. The van der Waals surface area contributed by atoms with E-state index in [2.05, 4.69) is 5.32 Å². The van der Waals surface area contributed by atoms with Gasteiger partial charge in [-0.15, -0.1) is 0 Å². The van der Waals surface area contributed by atoms with Gasteiger partial charge in [0.05, 0.1) is 19.1 Å². The smallest absolute Gasteiger partial charge is 0.314 e. The Bertz CT molecular complexity index is 465. The minimum atomic E-state index is -0.864. The van der Waals surface area contributed by atoms with Gasteiger partial charge < -0.3 is 19.9 Å². The highest BCUT2D eigenvalue weighted by Crippen LogP contribution is 2.25. The van der Waals surface area contributed by atoms with Gasteiger partial charge in [-0.3, -0.25) is 4.79 Å². The summed E-state index contributed by atoms with van der Waals surface area (Å²) in [6, 6.07) is 9.50. The molecule has 0 spiro atoms.